The summed E-state index contributed by atoms with van der Waals surface area (Å²) >= 11 is 0. The molecule has 5 rings (SSSR count). The zero-order valence-corrected chi connectivity index (χ0v) is 24.3. The number of anilines is 3. The number of pyridine rings is 1. The van der Waals surface area contributed by atoms with Crippen molar-refractivity contribution in [1.82, 2.24) is 4.98 Å². The molecule has 1 amide bonds. The quantitative estimate of drug-likeness (QED) is 0.268. The Balaban J connectivity index is 0.00000187. The van der Waals surface area contributed by atoms with E-state index >= 15 is 0 Å². The number of fused-ring (bicyclic) bond motifs is 1. The molecule has 7 nitrogen and oxygen atoms in total. The molecule has 1 saturated heterocycles. The summed E-state index contributed by atoms with van der Waals surface area (Å²) in [5, 5.41) is 13.1. The molecule has 0 saturated carbocycles. The molecule has 1 fully saturated rings. The first-order valence-electron chi connectivity index (χ1n) is 12.1. The minimum absolute atomic E-state index is 0. The fourth-order valence-corrected chi connectivity index (χ4v) is 4.69. The average molecular weight is 608 g/mol. The first kappa shape index (κ1) is 32.6. The van der Waals surface area contributed by atoms with Gasteiger partial charge in [-0.1, -0.05) is 12.1 Å². The van der Waals surface area contributed by atoms with Crippen molar-refractivity contribution >= 4 is 77.2 Å². The summed E-state index contributed by atoms with van der Waals surface area (Å²) in [6.45, 7) is 7.30. The maximum Gasteiger partial charge on any atom is 0.336 e. The summed E-state index contributed by atoms with van der Waals surface area (Å²) < 4.78 is 13.2. The zero-order chi connectivity index (χ0) is 26.1. The Kier molecular flexibility index (Phi) is 11.1. The summed E-state index contributed by atoms with van der Waals surface area (Å²) in [5.41, 5.74) is 5.15. The molecule has 0 unspecified atom stereocenters. The highest BCUT2D eigenvalue weighted by atomic mass is 35.5. The summed E-state index contributed by atoms with van der Waals surface area (Å²) in [6, 6.07) is 18.1. The van der Waals surface area contributed by atoms with Crippen LogP contribution < -0.4 is 15.1 Å². The number of aromatic nitrogens is 1. The number of carboxylic acids is 1. The van der Waals surface area contributed by atoms with Crippen LogP contribution in [0.5, 0.6) is 0 Å². The first-order chi connectivity index (χ1) is 17.8. The van der Waals surface area contributed by atoms with E-state index in [0.717, 1.165) is 26.2 Å². The number of nitrogens with one attached hydrogen (secondary N) is 1. The SMILES string of the molecule is Cc1cccc(N2CCN(c3cc(C(=O)O)c4cc(NC(=O)c5ccc(F)cc5)ccc4n3)CC2)c1C.Cl.Cl.Cl. The number of aromatic carboxylic acids is 1. The van der Waals surface area contributed by atoms with Crippen LogP contribution >= 0.6 is 37.2 Å². The summed E-state index contributed by atoms with van der Waals surface area (Å²) in [5.74, 6) is -1.29. The van der Waals surface area contributed by atoms with E-state index < -0.39 is 17.7 Å². The van der Waals surface area contributed by atoms with E-state index in [9.17, 15) is 19.1 Å². The molecule has 1 aromatic heterocycles. The molecule has 0 radical (unpaired) electrons. The third-order valence-corrected chi connectivity index (χ3v) is 6.91. The summed E-state index contributed by atoms with van der Waals surface area (Å²) in [7, 11) is 0. The predicted octanol–water partition coefficient (Wildman–Crippen LogP) is 6.53. The van der Waals surface area contributed by atoms with Gasteiger partial charge in [-0.05, 0) is 79.6 Å². The number of nitrogens with zero attached hydrogens (tertiary/aromatic N) is 3. The maximum atomic E-state index is 13.2. The van der Waals surface area contributed by atoms with Gasteiger partial charge in [0.15, 0.2) is 0 Å². The molecule has 11 heteroatoms. The number of hydrogen-bond donors (Lipinski definition) is 2. The van der Waals surface area contributed by atoms with Gasteiger partial charge >= 0.3 is 5.97 Å². The third kappa shape index (κ3) is 6.75. The maximum absolute atomic E-state index is 13.2. The molecule has 0 bridgehead atoms. The number of carboxylic acid groups (broad SMARTS) is 1. The van der Waals surface area contributed by atoms with Crippen molar-refractivity contribution in [1.29, 1.82) is 0 Å². The molecule has 0 atom stereocenters. The fourth-order valence-electron chi connectivity index (χ4n) is 4.69. The van der Waals surface area contributed by atoms with Crippen molar-refractivity contribution in [2.45, 2.75) is 13.8 Å². The predicted molar refractivity (Wildman–Crippen MR) is 165 cm³/mol. The van der Waals surface area contributed by atoms with Crippen molar-refractivity contribution in [2.24, 2.45) is 0 Å². The van der Waals surface area contributed by atoms with Crippen LogP contribution in [0.3, 0.4) is 0 Å². The first-order valence-corrected chi connectivity index (χ1v) is 12.1. The van der Waals surface area contributed by atoms with E-state index in [1.54, 1.807) is 24.3 Å². The van der Waals surface area contributed by atoms with Gasteiger partial charge in [0.25, 0.3) is 5.91 Å². The molecule has 2 heterocycles. The van der Waals surface area contributed by atoms with Crippen LogP contribution in [0.1, 0.15) is 31.8 Å². The number of amides is 1. The fraction of sp³-hybridized carbons (Fsp3) is 0.207. The molecule has 1 aliphatic rings. The standard InChI is InChI=1S/C29H27FN4O3.3ClH/c1-18-4-3-5-26(19(18)2)33-12-14-34(15-13-33)27-17-24(29(36)37)23-16-22(10-11-25(23)32-27)31-28(35)20-6-8-21(30)9-7-20;;;/h3-11,16-17H,12-15H2,1-2H3,(H,31,35)(H,36,37);3*1H. The van der Waals surface area contributed by atoms with Crippen molar-refractivity contribution in [2.75, 3.05) is 41.3 Å². The van der Waals surface area contributed by atoms with Crippen LogP contribution in [0.25, 0.3) is 10.9 Å². The molecule has 212 valence electrons. The van der Waals surface area contributed by atoms with Gasteiger partial charge in [0.1, 0.15) is 11.6 Å². The van der Waals surface area contributed by atoms with Crippen molar-refractivity contribution in [3.63, 3.8) is 0 Å². The lowest BCUT2D eigenvalue weighted by Gasteiger charge is -2.37. The Labute approximate surface area is 250 Å². The number of hydrogen-bond acceptors (Lipinski definition) is 5. The number of rotatable bonds is 5. The van der Waals surface area contributed by atoms with E-state index in [4.69, 9.17) is 4.98 Å². The van der Waals surface area contributed by atoms with Crippen LogP contribution in [-0.4, -0.2) is 48.1 Å². The number of benzene rings is 3. The van der Waals surface area contributed by atoms with Gasteiger partial charge < -0.3 is 20.2 Å². The van der Waals surface area contributed by atoms with Crippen molar-refractivity contribution in [3.05, 3.63) is 94.8 Å². The molecule has 40 heavy (non-hydrogen) atoms. The molecule has 4 aromatic rings. The monoisotopic (exact) mass is 606 g/mol. The lowest BCUT2D eigenvalue weighted by Crippen LogP contribution is -2.47. The Hall–Kier alpha value is -3.59. The Morgan fingerprint density at radius 1 is 0.875 bits per heavy atom. The lowest BCUT2D eigenvalue weighted by atomic mass is 10.1. The van der Waals surface area contributed by atoms with E-state index in [1.807, 2.05) is 0 Å². The van der Waals surface area contributed by atoms with Gasteiger partial charge in [-0.2, -0.15) is 0 Å². The van der Waals surface area contributed by atoms with Crippen LogP contribution in [0, 0.1) is 19.7 Å². The average Bonchev–Trinajstić information content (AvgIpc) is 2.90. The van der Waals surface area contributed by atoms with Crippen LogP contribution in [0.2, 0.25) is 0 Å². The highest BCUT2D eigenvalue weighted by molar-refractivity contribution is 6.08. The van der Waals surface area contributed by atoms with Gasteiger partial charge in [-0.25, -0.2) is 14.2 Å². The third-order valence-electron chi connectivity index (χ3n) is 6.91. The second-order valence-corrected chi connectivity index (χ2v) is 9.22. The summed E-state index contributed by atoms with van der Waals surface area (Å²) in [4.78, 5) is 33.9. The van der Waals surface area contributed by atoms with Crippen LogP contribution in [-0.2, 0) is 0 Å². The van der Waals surface area contributed by atoms with Gasteiger partial charge in [0.2, 0.25) is 0 Å². The van der Waals surface area contributed by atoms with Gasteiger partial charge in [0, 0.05) is 48.5 Å². The number of carbonyl (C=O) groups excluding carboxylic acids is 1. The summed E-state index contributed by atoms with van der Waals surface area (Å²) in [6.07, 6.45) is 0. The van der Waals surface area contributed by atoms with E-state index in [-0.39, 0.29) is 42.8 Å². The van der Waals surface area contributed by atoms with Crippen molar-refractivity contribution in [3.8, 4) is 0 Å². The Morgan fingerprint density at radius 3 is 2.17 bits per heavy atom. The minimum atomic E-state index is -1.07. The van der Waals surface area contributed by atoms with Crippen LogP contribution in [0.15, 0.2) is 66.7 Å². The smallest absolute Gasteiger partial charge is 0.336 e. The van der Waals surface area contributed by atoms with Crippen LogP contribution in [0.4, 0.5) is 21.6 Å². The number of carbonyl (C=O) groups is 2. The molecule has 0 aliphatic carbocycles. The largest absolute Gasteiger partial charge is 0.478 e. The molecular formula is C29H30Cl3FN4O3. The molecule has 1 aliphatic heterocycles. The molecule has 0 spiro atoms. The zero-order valence-electron chi connectivity index (χ0n) is 21.9. The highest BCUT2D eigenvalue weighted by Crippen LogP contribution is 2.29. The number of piperazine rings is 1. The Bertz CT molecular complexity index is 1510. The second kappa shape index (κ2) is 13.7. The lowest BCUT2D eigenvalue weighted by molar-refractivity contribution is 0.0698. The van der Waals surface area contributed by atoms with Gasteiger partial charge in [-0.15, -0.1) is 37.2 Å². The Morgan fingerprint density at radius 2 is 1.52 bits per heavy atom. The van der Waals surface area contributed by atoms with Gasteiger partial charge in [0.05, 0.1) is 11.1 Å². The number of halogens is 4. The van der Waals surface area contributed by atoms with E-state index in [0.29, 0.717) is 28.0 Å². The van der Waals surface area contributed by atoms with E-state index in [2.05, 4.69) is 47.2 Å². The minimum Gasteiger partial charge on any atom is -0.478 e. The number of aryl methyl sites for hydroxylation is 1. The molecular weight excluding hydrogens is 578 g/mol. The normalized spacial score (nSPS) is 12.6. The molecule has 2 N–H and O–H groups in total. The highest BCUT2D eigenvalue weighted by Gasteiger charge is 2.22. The van der Waals surface area contributed by atoms with Gasteiger partial charge in [-0.3, -0.25) is 4.79 Å². The second-order valence-electron chi connectivity index (χ2n) is 9.22. The van der Waals surface area contributed by atoms with Crippen molar-refractivity contribution < 1.29 is 19.1 Å². The molecule has 3 aromatic carbocycles. The van der Waals surface area contributed by atoms with E-state index in [1.165, 1.54) is 41.1 Å². The topological polar surface area (TPSA) is 85.8 Å².